The maximum absolute atomic E-state index is 6.64. The zero-order chi connectivity index (χ0) is 32.2. The molecule has 6 nitrogen and oxygen atoms in total. The van der Waals surface area contributed by atoms with Gasteiger partial charge in [0.05, 0.1) is 5.56 Å². The van der Waals surface area contributed by atoms with Crippen molar-refractivity contribution >= 4 is 66.8 Å². The van der Waals surface area contributed by atoms with Gasteiger partial charge >= 0.3 is 0 Å². The highest BCUT2D eigenvalue weighted by Crippen LogP contribution is 2.40. The van der Waals surface area contributed by atoms with Crippen LogP contribution in [0.25, 0.3) is 60.4 Å². The third kappa shape index (κ3) is 4.57. The first kappa shape index (κ1) is 27.9. The van der Waals surface area contributed by atoms with Crippen molar-refractivity contribution in [3.8, 4) is 11.1 Å². The van der Waals surface area contributed by atoms with Gasteiger partial charge in [-0.3, -0.25) is 0 Å². The fourth-order valence-electron chi connectivity index (χ4n) is 6.81. The Morgan fingerprint density at radius 1 is 0.667 bits per heavy atom. The minimum atomic E-state index is -0.319. The minimum absolute atomic E-state index is 0.319. The first-order valence-electron chi connectivity index (χ1n) is 16.0. The van der Waals surface area contributed by atoms with Crippen LogP contribution < -0.4 is 11.1 Å². The number of anilines is 1. The third-order valence-corrected chi connectivity index (χ3v) is 9.12. The molecule has 8 aromatic rings. The number of fused-ring (bicyclic) bond motifs is 6. The molecule has 0 bridgehead atoms. The second kappa shape index (κ2) is 11.1. The Labute approximate surface area is 276 Å². The van der Waals surface area contributed by atoms with Gasteiger partial charge in [0.1, 0.15) is 28.8 Å². The molecular formula is C42H30N4O2. The molecule has 0 amide bonds. The number of rotatable bonds is 5. The van der Waals surface area contributed by atoms with Gasteiger partial charge in [-0.05, 0) is 64.7 Å². The molecule has 2 aromatic heterocycles. The Balaban J connectivity index is 1.11. The largest absolute Gasteiger partial charge is 0.456 e. The fourth-order valence-corrected chi connectivity index (χ4v) is 6.81. The van der Waals surface area contributed by atoms with E-state index in [9.17, 15) is 0 Å². The van der Waals surface area contributed by atoms with Gasteiger partial charge in [-0.1, -0.05) is 109 Å². The number of benzene rings is 6. The summed E-state index contributed by atoms with van der Waals surface area (Å²) >= 11 is 0. The number of nitrogens with zero attached hydrogens (tertiary/aromatic N) is 2. The van der Waals surface area contributed by atoms with E-state index in [-0.39, 0.29) is 6.17 Å². The summed E-state index contributed by atoms with van der Waals surface area (Å²) in [6.45, 7) is 1.99. The topological polar surface area (TPSA) is 89.0 Å². The number of nitrogens with one attached hydrogen (secondary N) is 1. The second-order valence-corrected chi connectivity index (χ2v) is 12.0. The van der Waals surface area contributed by atoms with Crippen molar-refractivity contribution < 1.29 is 8.83 Å². The van der Waals surface area contributed by atoms with E-state index >= 15 is 0 Å². The Morgan fingerprint density at radius 2 is 1.35 bits per heavy atom. The van der Waals surface area contributed by atoms with E-state index < -0.39 is 0 Å². The molecule has 1 unspecified atom stereocenters. The highest BCUT2D eigenvalue weighted by atomic mass is 16.3. The lowest BCUT2D eigenvalue weighted by molar-refractivity contribution is 0.636. The van der Waals surface area contributed by atoms with Crippen molar-refractivity contribution in [1.82, 2.24) is 5.32 Å². The summed E-state index contributed by atoms with van der Waals surface area (Å²) in [6, 6.07) is 45.4. The van der Waals surface area contributed by atoms with Crippen LogP contribution in [0.5, 0.6) is 0 Å². The lowest BCUT2D eigenvalue weighted by atomic mass is 9.98. The quantitative estimate of drug-likeness (QED) is 0.200. The van der Waals surface area contributed by atoms with Crippen LogP contribution in [0.15, 0.2) is 158 Å². The predicted molar refractivity (Wildman–Crippen MR) is 197 cm³/mol. The SMILES string of the molecule is C/C=C(/C1=NC(c2ccccc2)=NC(c2ccccc2)N1)c1c(N)oc2cc(-c3ccc4c(c3)oc3ccc5ccccc5c34)ccc12. The summed E-state index contributed by atoms with van der Waals surface area (Å²) in [5, 5.41) is 9.10. The molecule has 0 saturated heterocycles. The van der Waals surface area contributed by atoms with E-state index in [2.05, 4.69) is 84.2 Å². The van der Waals surface area contributed by atoms with Gasteiger partial charge in [-0.2, -0.15) is 0 Å². The predicted octanol–water partition coefficient (Wildman–Crippen LogP) is 10.3. The van der Waals surface area contributed by atoms with Crippen LogP contribution in [0.3, 0.4) is 0 Å². The molecule has 3 heterocycles. The first-order chi connectivity index (χ1) is 23.6. The summed E-state index contributed by atoms with van der Waals surface area (Å²) in [6.07, 6.45) is 1.70. The van der Waals surface area contributed by atoms with Crippen molar-refractivity contribution in [2.75, 3.05) is 5.73 Å². The molecule has 0 aliphatic carbocycles. The van der Waals surface area contributed by atoms with Gasteiger partial charge in [0, 0.05) is 27.3 Å². The third-order valence-electron chi connectivity index (χ3n) is 9.12. The van der Waals surface area contributed by atoms with Gasteiger partial charge in [-0.25, -0.2) is 9.98 Å². The fraction of sp³-hybridized carbons (Fsp3) is 0.0476. The van der Waals surface area contributed by atoms with Crippen molar-refractivity contribution in [3.05, 3.63) is 156 Å². The molecule has 6 aromatic carbocycles. The Morgan fingerprint density at radius 3 is 2.12 bits per heavy atom. The van der Waals surface area contributed by atoms with Crippen LogP contribution in [0.1, 0.15) is 29.8 Å². The molecule has 48 heavy (non-hydrogen) atoms. The number of hydrogen-bond acceptors (Lipinski definition) is 6. The maximum atomic E-state index is 6.64. The van der Waals surface area contributed by atoms with E-state index in [4.69, 9.17) is 24.6 Å². The van der Waals surface area contributed by atoms with Gasteiger partial charge < -0.3 is 19.9 Å². The summed E-state index contributed by atoms with van der Waals surface area (Å²) in [4.78, 5) is 9.99. The number of aliphatic imine (C=N–C) groups is 2. The van der Waals surface area contributed by atoms with Crippen molar-refractivity contribution in [3.63, 3.8) is 0 Å². The minimum Gasteiger partial charge on any atom is -0.456 e. The van der Waals surface area contributed by atoms with Crippen LogP contribution >= 0.6 is 0 Å². The number of nitrogens with two attached hydrogens (primary N) is 1. The highest BCUT2D eigenvalue weighted by Gasteiger charge is 2.26. The lowest BCUT2D eigenvalue weighted by Gasteiger charge is -2.24. The van der Waals surface area contributed by atoms with Gasteiger partial charge in [0.2, 0.25) is 0 Å². The Kier molecular flexibility index (Phi) is 6.47. The van der Waals surface area contributed by atoms with E-state index in [0.717, 1.165) is 60.7 Å². The molecule has 0 spiro atoms. The number of hydrogen-bond donors (Lipinski definition) is 2. The van der Waals surface area contributed by atoms with Gasteiger partial charge in [-0.15, -0.1) is 0 Å². The Bertz CT molecular complexity index is 2610. The van der Waals surface area contributed by atoms with Gasteiger partial charge in [0.25, 0.3) is 0 Å². The molecule has 1 aliphatic rings. The number of furan rings is 2. The molecule has 1 atom stereocenters. The van der Waals surface area contributed by atoms with E-state index in [1.807, 2.05) is 67.6 Å². The van der Waals surface area contributed by atoms with E-state index in [1.54, 1.807) is 0 Å². The molecule has 6 heteroatoms. The van der Waals surface area contributed by atoms with Crippen LogP contribution in [0.2, 0.25) is 0 Å². The zero-order valence-electron chi connectivity index (χ0n) is 26.1. The highest BCUT2D eigenvalue weighted by molar-refractivity contribution is 6.30. The molecule has 230 valence electrons. The zero-order valence-corrected chi connectivity index (χ0v) is 26.1. The van der Waals surface area contributed by atoms with Crippen molar-refractivity contribution in [2.24, 2.45) is 9.98 Å². The monoisotopic (exact) mass is 622 g/mol. The van der Waals surface area contributed by atoms with Crippen molar-refractivity contribution in [2.45, 2.75) is 13.1 Å². The molecule has 3 N–H and O–H groups in total. The van der Waals surface area contributed by atoms with Crippen LogP contribution in [0, 0.1) is 0 Å². The first-order valence-corrected chi connectivity index (χ1v) is 16.0. The summed E-state index contributed by atoms with van der Waals surface area (Å²) in [5.41, 5.74) is 14.7. The lowest BCUT2D eigenvalue weighted by Crippen LogP contribution is -2.33. The normalized spacial score (nSPS) is 15.2. The molecule has 9 rings (SSSR count). The maximum Gasteiger partial charge on any atom is 0.199 e. The summed E-state index contributed by atoms with van der Waals surface area (Å²) < 4.78 is 12.6. The molecular weight excluding hydrogens is 592 g/mol. The van der Waals surface area contributed by atoms with Crippen molar-refractivity contribution in [1.29, 1.82) is 0 Å². The molecule has 0 fully saturated rings. The average molecular weight is 623 g/mol. The summed E-state index contributed by atoms with van der Waals surface area (Å²) in [7, 11) is 0. The molecule has 1 aliphatic heterocycles. The van der Waals surface area contributed by atoms with Gasteiger partial charge in [0.15, 0.2) is 11.7 Å². The number of nitrogen functional groups attached to an aromatic ring is 1. The molecule has 0 radical (unpaired) electrons. The standard InChI is InChI=1S/C42H30N4O2/c1-2-30(42-45-40(26-12-5-3-6-13-26)44-41(46-42)27-14-7-4-8-15-27)38-33-21-18-29(24-36(33)48-39(38)43)28-17-20-32-35(23-28)47-34-22-19-25-11-9-10-16-31(25)37(32)34/h2-24,40H,43H2,1H3,(H,44,45,46)/b30-2+. The van der Waals surface area contributed by atoms with Crippen LogP contribution in [0.4, 0.5) is 5.88 Å². The Hall–Kier alpha value is -6.40. The summed E-state index contributed by atoms with van der Waals surface area (Å²) in [5.74, 6) is 1.67. The molecule has 0 saturated carbocycles. The van der Waals surface area contributed by atoms with E-state index in [0.29, 0.717) is 23.1 Å². The smallest absolute Gasteiger partial charge is 0.199 e. The van der Waals surface area contributed by atoms with E-state index in [1.165, 1.54) is 10.8 Å². The van der Waals surface area contributed by atoms with Crippen LogP contribution in [-0.4, -0.2) is 11.7 Å². The number of amidine groups is 2. The number of allylic oxidation sites excluding steroid dienone is 1. The van der Waals surface area contributed by atoms with Crippen LogP contribution in [-0.2, 0) is 0 Å². The second-order valence-electron chi connectivity index (χ2n) is 12.0. The average Bonchev–Trinajstić information content (AvgIpc) is 3.69.